The predicted molar refractivity (Wildman–Crippen MR) is 57.3 cm³/mol. The fourth-order valence-corrected chi connectivity index (χ4v) is 1.66. The van der Waals surface area contributed by atoms with E-state index >= 15 is 0 Å². The molecular weight excluding hydrogens is 202 g/mol. The van der Waals surface area contributed by atoms with Crippen molar-refractivity contribution in [3.05, 3.63) is 0 Å². The number of carbonyl (C=O) groups is 2. The first-order chi connectivity index (χ1) is 6.24. The third-order valence-electron chi connectivity index (χ3n) is 2.47. The molecule has 0 aromatic heterocycles. The van der Waals surface area contributed by atoms with Crippen molar-refractivity contribution in [1.29, 1.82) is 0 Å². The van der Waals surface area contributed by atoms with Gasteiger partial charge >= 0.3 is 0 Å². The minimum Gasteiger partial charge on any atom is -0.296 e. The Kier molecular flexibility index (Phi) is 6.54. The molecule has 2 amide bonds. The Morgan fingerprint density at radius 2 is 2.00 bits per heavy atom. The van der Waals surface area contributed by atoms with E-state index < -0.39 is 0 Å². The van der Waals surface area contributed by atoms with E-state index in [-0.39, 0.29) is 30.1 Å². The summed E-state index contributed by atoms with van der Waals surface area (Å²) in [5, 5.41) is 2.33. The highest BCUT2D eigenvalue weighted by Crippen LogP contribution is 2.18. The molecule has 0 radical (unpaired) electrons. The van der Waals surface area contributed by atoms with Crippen molar-refractivity contribution < 1.29 is 9.59 Å². The van der Waals surface area contributed by atoms with Gasteiger partial charge in [0.15, 0.2) is 0 Å². The number of imide groups is 1. The van der Waals surface area contributed by atoms with Crippen molar-refractivity contribution >= 4 is 24.2 Å². The number of nitrogens with one attached hydrogen (secondary N) is 1. The maximum Gasteiger partial charge on any atom is 0.230 e. The van der Waals surface area contributed by atoms with Crippen molar-refractivity contribution in [3.8, 4) is 0 Å². The summed E-state index contributed by atoms with van der Waals surface area (Å²) in [7, 11) is 0. The number of halogens is 1. The molecule has 0 bridgehead atoms. The molecule has 1 rings (SSSR count). The number of unbranched alkanes of at least 4 members (excludes halogenated alkanes) is 3. The SMILES string of the molecule is CCCCCCC1CC(=O)NC1=O.Cl. The molecule has 14 heavy (non-hydrogen) atoms. The molecule has 1 heterocycles. The van der Waals surface area contributed by atoms with Crippen LogP contribution in [0.25, 0.3) is 0 Å². The van der Waals surface area contributed by atoms with Gasteiger partial charge < -0.3 is 0 Å². The molecule has 4 heteroatoms. The van der Waals surface area contributed by atoms with Gasteiger partial charge in [0, 0.05) is 12.3 Å². The minimum absolute atomic E-state index is 0. The van der Waals surface area contributed by atoms with E-state index in [1.165, 1.54) is 19.3 Å². The lowest BCUT2D eigenvalue weighted by Gasteiger charge is -2.03. The normalized spacial score (nSPS) is 20.5. The Bertz CT molecular complexity index is 206. The van der Waals surface area contributed by atoms with E-state index in [2.05, 4.69) is 12.2 Å². The average molecular weight is 220 g/mol. The highest BCUT2D eigenvalue weighted by atomic mass is 35.5. The molecule has 3 nitrogen and oxygen atoms in total. The summed E-state index contributed by atoms with van der Waals surface area (Å²) < 4.78 is 0. The van der Waals surface area contributed by atoms with Crippen LogP contribution in [0.5, 0.6) is 0 Å². The average Bonchev–Trinajstić information content (AvgIpc) is 2.39. The van der Waals surface area contributed by atoms with Gasteiger partial charge in [-0.3, -0.25) is 14.9 Å². The van der Waals surface area contributed by atoms with Crippen LogP contribution in [0.1, 0.15) is 45.4 Å². The van der Waals surface area contributed by atoms with Gasteiger partial charge in [-0.1, -0.05) is 32.6 Å². The Morgan fingerprint density at radius 3 is 2.50 bits per heavy atom. The maximum atomic E-state index is 11.1. The number of hydrogen-bond acceptors (Lipinski definition) is 2. The van der Waals surface area contributed by atoms with Crippen LogP contribution in [-0.2, 0) is 9.59 Å². The Hall–Kier alpha value is -0.570. The summed E-state index contributed by atoms with van der Waals surface area (Å²) in [5.74, 6) is -0.212. The molecule has 0 aliphatic carbocycles. The number of hydrogen-bond donors (Lipinski definition) is 1. The molecule has 1 aliphatic rings. The van der Waals surface area contributed by atoms with E-state index in [1.54, 1.807) is 0 Å². The lowest BCUT2D eigenvalue weighted by Crippen LogP contribution is -2.21. The third-order valence-corrected chi connectivity index (χ3v) is 2.47. The fraction of sp³-hybridized carbons (Fsp3) is 0.800. The number of rotatable bonds is 5. The van der Waals surface area contributed by atoms with Crippen LogP contribution < -0.4 is 5.32 Å². The van der Waals surface area contributed by atoms with Gasteiger partial charge in [-0.2, -0.15) is 0 Å². The first-order valence-corrected chi connectivity index (χ1v) is 5.07. The van der Waals surface area contributed by atoms with Crippen molar-refractivity contribution in [2.45, 2.75) is 45.4 Å². The summed E-state index contributed by atoms with van der Waals surface area (Å²) in [4.78, 5) is 21.9. The second-order valence-electron chi connectivity index (χ2n) is 3.66. The molecule has 0 aromatic carbocycles. The monoisotopic (exact) mass is 219 g/mol. The molecule has 1 fully saturated rings. The second kappa shape index (κ2) is 6.82. The van der Waals surface area contributed by atoms with Crippen molar-refractivity contribution in [2.24, 2.45) is 5.92 Å². The first-order valence-electron chi connectivity index (χ1n) is 5.07. The van der Waals surface area contributed by atoms with Gasteiger partial charge in [-0.05, 0) is 6.42 Å². The second-order valence-corrected chi connectivity index (χ2v) is 3.66. The number of amides is 2. The molecule has 1 aliphatic heterocycles. The largest absolute Gasteiger partial charge is 0.296 e. The van der Waals surface area contributed by atoms with Crippen molar-refractivity contribution in [3.63, 3.8) is 0 Å². The van der Waals surface area contributed by atoms with E-state index in [4.69, 9.17) is 0 Å². The van der Waals surface area contributed by atoms with Gasteiger partial charge in [0.1, 0.15) is 0 Å². The summed E-state index contributed by atoms with van der Waals surface area (Å²) in [6, 6.07) is 0. The summed E-state index contributed by atoms with van der Waals surface area (Å²) in [6.07, 6.45) is 5.95. The van der Waals surface area contributed by atoms with Crippen molar-refractivity contribution in [2.75, 3.05) is 0 Å². The zero-order valence-corrected chi connectivity index (χ0v) is 9.36. The Labute approximate surface area is 91.0 Å². The van der Waals surface area contributed by atoms with Crippen LogP contribution in [0.3, 0.4) is 0 Å². The zero-order chi connectivity index (χ0) is 9.68. The Morgan fingerprint density at radius 1 is 1.29 bits per heavy atom. The van der Waals surface area contributed by atoms with Gasteiger partial charge in [0.2, 0.25) is 11.8 Å². The minimum atomic E-state index is -0.106. The standard InChI is InChI=1S/C10H17NO2.ClH/c1-2-3-4-5-6-8-7-9(12)11-10(8)13;/h8H,2-7H2,1H3,(H,11,12,13);1H. The van der Waals surface area contributed by atoms with E-state index in [0.29, 0.717) is 6.42 Å². The molecule has 0 spiro atoms. The first kappa shape index (κ1) is 13.4. The van der Waals surface area contributed by atoms with Crippen molar-refractivity contribution in [1.82, 2.24) is 5.32 Å². The molecule has 0 saturated carbocycles. The van der Waals surface area contributed by atoms with Crippen LogP contribution in [-0.4, -0.2) is 11.8 Å². The molecule has 1 atom stereocenters. The molecular formula is C10H18ClNO2. The van der Waals surface area contributed by atoms with E-state index in [9.17, 15) is 9.59 Å². The lowest BCUT2D eigenvalue weighted by molar-refractivity contribution is -0.125. The summed E-state index contributed by atoms with van der Waals surface area (Å²) in [6.45, 7) is 2.16. The molecule has 1 unspecified atom stereocenters. The fourth-order valence-electron chi connectivity index (χ4n) is 1.66. The van der Waals surface area contributed by atoms with E-state index in [1.807, 2.05) is 0 Å². The molecule has 0 aromatic rings. The third kappa shape index (κ3) is 4.09. The quantitative estimate of drug-likeness (QED) is 0.568. The van der Waals surface area contributed by atoms with Gasteiger partial charge in [0.25, 0.3) is 0 Å². The predicted octanol–water partition coefficient (Wildman–Crippen LogP) is 2.04. The Balaban J connectivity index is 0.00000169. The van der Waals surface area contributed by atoms with Gasteiger partial charge in [-0.15, -0.1) is 12.4 Å². The topological polar surface area (TPSA) is 46.2 Å². The van der Waals surface area contributed by atoms with Gasteiger partial charge in [0.05, 0.1) is 0 Å². The highest BCUT2D eigenvalue weighted by molar-refractivity contribution is 6.03. The molecule has 1 saturated heterocycles. The van der Waals surface area contributed by atoms with Crippen LogP contribution in [0.15, 0.2) is 0 Å². The van der Waals surface area contributed by atoms with E-state index in [0.717, 1.165) is 12.8 Å². The highest BCUT2D eigenvalue weighted by Gasteiger charge is 2.29. The zero-order valence-electron chi connectivity index (χ0n) is 8.54. The summed E-state index contributed by atoms with van der Waals surface area (Å²) in [5.41, 5.74) is 0. The van der Waals surface area contributed by atoms with Gasteiger partial charge in [-0.25, -0.2) is 0 Å². The molecule has 82 valence electrons. The summed E-state index contributed by atoms with van der Waals surface area (Å²) >= 11 is 0. The smallest absolute Gasteiger partial charge is 0.230 e. The van der Waals surface area contributed by atoms with Crippen LogP contribution in [0, 0.1) is 5.92 Å². The maximum absolute atomic E-state index is 11.1. The molecule has 1 N–H and O–H groups in total. The van der Waals surface area contributed by atoms with Crippen LogP contribution in [0.4, 0.5) is 0 Å². The lowest BCUT2D eigenvalue weighted by atomic mass is 9.99. The van der Waals surface area contributed by atoms with Crippen LogP contribution >= 0.6 is 12.4 Å². The van der Waals surface area contributed by atoms with Crippen LogP contribution in [0.2, 0.25) is 0 Å². The number of carbonyl (C=O) groups excluding carboxylic acids is 2.